The number of sulfone groups is 1. The van der Waals surface area contributed by atoms with Crippen LogP contribution in [0.4, 0.5) is 10.5 Å². The molecule has 2 heterocycles. The molecule has 1 N–H and O–H groups in total. The number of nitrogens with one attached hydrogen (secondary N) is 1. The number of aromatic nitrogens is 2. The predicted octanol–water partition coefficient (Wildman–Crippen LogP) is 4.49. The van der Waals surface area contributed by atoms with Crippen molar-refractivity contribution in [3.05, 3.63) is 96.4 Å². The number of carbonyl (C=O) groups excluding carboxylic acids is 1. The van der Waals surface area contributed by atoms with Crippen molar-refractivity contribution in [1.82, 2.24) is 14.9 Å². The topological polar surface area (TPSA) is 117 Å². The first-order valence-electron chi connectivity index (χ1n) is 12.9. The number of carbonyl (C=O) groups is 1. The highest BCUT2D eigenvalue weighted by Gasteiger charge is 2.23. The van der Waals surface area contributed by atoms with Gasteiger partial charge in [-0.2, -0.15) is 5.26 Å². The van der Waals surface area contributed by atoms with E-state index >= 15 is 0 Å². The Labute approximate surface area is 233 Å². The Hall–Kier alpha value is -4.62. The van der Waals surface area contributed by atoms with Gasteiger partial charge in [0.15, 0.2) is 9.84 Å². The molecule has 0 saturated carbocycles. The number of benzene rings is 3. The van der Waals surface area contributed by atoms with Crippen molar-refractivity contribution in [2.45, 2.75) is 17.9 Å². The summed E-state index contributed by atoms with van der Waals surface area (Å²) in [5, 5.41) is 12.1. The summed E-state index contributed by atoms with van der Waals surface area (Å²) in [6.45, 7) is 2.58. The van der Waals surface area contributed by atoms with Gasteiger partial charge in [-0.3, -0.25) is 4.57 Å². The van der Waals surface area contributed by atoms with Gasteiger partial charge in [-0.05, 0) is 72.5 Å². The van der Waals surface area contributed by atoms with Crippen LogP contribution < -0.4 is 15.0 Å². The molecule has 4 aromatic rings. The van der Waals surface area contributed by atoms with E-state index in [9.17, 15) is 13.2 Å². The zero-order chi connectivity index (χ0) is 28.1. The highest BCUT2D eigenvalue weighted by atomic mass is 32.2. The van der Waals surface area contributed by atoms with E-state index in [1.807, 2.05) is 42.5 Å². The van der Waals surface area contributed by atoms with Crippen molar-refractivity contribution in [1.29, 1.82) is 5.26 Å². The summed E-state index contributed by atoms with van der Waals surface area (Å²) in [5.41, 5.74) is 4.06. The number of ether oxygens (including phenoxy) is 1. The maximum atomic E-state index is 12.7. The second kappa shape index (κ2) is 11.6. The lowest BCUT2D eigenvalue weighted by Crippen LogP contribution is -2.33. The van der Waals surface area contributed by atoms with Crippen LogP contribution in [-0.2, 0) is 16.4 Å². The number of hydrogen-bond acceptors (Lipinski definition) is 7. The normalized spacial score (nSPS) is 15.0. The molecule has 5 rings (SSSR count). The van der Waals surface area contributed by atoms with Crippen LogP contribution >= 0.6 is 0 Å². The Balaban J connectivity index is 1.11. The van der Waals surface area contributed by atoms with Gasteiger partial charge in [0.25, 0.3) is 0 Å². The number of rotatable bonds is 8. The third kappa shape index (κ3) is 6.50. The molecule has 0 spiro atoms. The third-order valence-electron chi connectivity index (χ3n) is 6.89. The number of hydrogen-bond donors (Lipinski definition) is 1. The lowest BCUT2D eigenvalue weighted by molar-refractivity contribution is 0.240. The zero-order valence-electron chi connectivity index (χ0n) is 22.0. The predicted molar refractivity (Wildman–Crippen MR) is 152 cm³/mol. The highest BCUT2D eigenvalue weighted by molar-refractivity contribution is 7.90. The van der Waals surface area contributed by atoms with Crippen LogP contribution in [0.25, 0.3) is 11.3 Å². The Bertz CT molecular complexity index is 1640. The van der Waals surface area contributed by atoms with E-state index in [4.69, 9.17) is 10.00 Å². The molecule has 9 nitrogen and oxygen atoms in total. The molecule has 0 aliphatic carbocycles. The van der Waals surface area contributed by atoms with Crippen LogP contribution in [0.5, 0.6) is 5.75 Å². The first-order chi connectivity index (χ1) is 19.3. The minimum absolute atomic E-state index is 0.231. The van der Waals surface area contributed by atoms with Crippen molar-refractivity contribution in [2.24, 2.45) is 5.92 Å². The molecule has 1 aromatic heterocycles. The molecule has 1 unspecified atom stereocenters. The van der Waals surface area contributed by atoms with Crippen molar-refractivity contribution < 1.29 is 17.9 Å². The van der Waals surface area contributed by atoms with Gasteiger partial charge in [0.05, 0.1) is 22.2 Å². The number of amides is 1. The summed E-state index contributed by atoms with van der Waals surface area (Å²) in [6.07, 6.45) is 5.35. The average molecular weight is 556 g/mol. The Morgan fingerprint density at radius 2 is 1.90 bits per heavy atom. The monoisotopic (exact) mass is 555 g/mol. The van der Waals surface area contributed by atoms with Crippen molar-refractivity contribution in [3.8, 4) is 23.1 Å². The molecule has 40 heavy (non-hydrogen) atoms. The van der Waals surface area contributed by atoms with Gasteiger partial charge in [0.2, 0.25) is 0 Å². The van der Waals surface area contributed by atoms with Gasteiger partial charge in [0.1, 0.15) is 18.7 Å². The van der Waals surface area contributed by atoms with Crippen LogP contribution in [0.2, 0.25) is 0 Å². The molecule has 1 amide bonds. The molecule has 1 atom stereocenters. The standard InChI is InChI=1S/C30H29N5O4S/c1-40(37,38)28-11-5-22(6-12-28)20-39-27-9-7-25(8-10-27)29-19-35(21-33-29)30(36)32-17-24-13-14-34(18-24)26-4-2-3-23(15-26)16-31/h2-12,15,19,21,24H,13-14,17-18,20H2,1H3,(H,32,36). The Morgan fingerprint density at radius 1 is 1.12 bits per heavy atom. The van der Waals surface area contributed by atoms with E-state index in [0.29, 0.717) is 36.1 Å². The molecule has 1 aliphatic rings. The summed E-state index contributed by atoms with van der Waals surface area (Å²) in [5.74, 6) is 0.987. The highest BCUT2D eigenvalue weighted by Crippen LogP contribution is 2.25. The summed E-state index contributed by atoms with van der Waals surface area (Å²) in [6, 6.07) is 23.6. The van der Waals surface area contributed by atoms with Crippen LogP contribution in [-0.4, -0.2) is 49.9 Å². The third-order valence-corrected chi connectivity index (χ3v) is 8.02. The second-order valence-corrected chi connectivity index (χ2v) is 11.9. The fourth-order valence-corrected chi connectivity index (χ4v) is 5.26. The number of nitrogens with zero attached hydrogens (tertiary/aromatic N) is 4. The fraction of sp³-hybridized carbons (Fsp3) is 0.233. The van der Waals surface area contributed by atoms with Crippen LogP contribution in [0.15, 0.2) is 90.2 Å². The Kier molecular flexibility index (Phi) is 7.84. The van der Waals surface area contributed by atoms with E-state index < -0.39 is 9.84 Å². The van der Waals surface area contributed by atoms with Gasteiger partial charge in [0, 0.05) is 43.3 Å². The number of anilines is 1. The van der Waals surface area contributed by atoms with E-state index in [1.54, 1.807) is 36.5 Å². The molecule has 0 bridgehead atoms. The van der Waals surface area contributed by atoms with Crippen molar-refractivity contribution in [2.75, 3.05) is 30.8 Å². The minimum Gasteiger partial charge on any atom is -0.489 e. The molecule has 1 saturated heterocycles. The quantitative estimate of drug-likeness (QED) is 0.340. The van der Waals surface area contributed by atoms with E-state index in [1.165, 1.54) is 17.2 Å². The van der Waals surface area contributed by atoms with E-state index in [-0.39, 0.29) is 10.9 Å². The SMILES string of the molecule is CS(=O)(=O)c1ccc(COc2ccc(-c3cn(C(=O)NCC4CCN(c5cccc(C#N)c5)C4)cn3)cc2)cc1. The minimum atomic E-state index is -3.23. The lowest BCUT2D eigenvalue weighted by atomic mass is 10.1. The molecular weight excluding hydrogens is 526 g/mol. The summed E-state index contributed by atoms with van der Waals surface area (Å²) < 4.78 is 30.5. The summed E-state index contributed by atoms with van der Waals surface area (Å²) in [7, 11) is -3.23. The van der Waals surface area contributed by atoms with Crippen LogP contribution in [0.3, 0.4) is 0 Å². The molecule has 204 valence electrons. The smallest absolute Gasteiger partial charge is 0.326 e. The van der Waals surface area contributed by atoms with E-state index in [0.717, 1.165) is 36.3 Å². The lowest BCUT2D eigenvalue weighted by Gasteiger charge is -2.19. The first kappa shape index (κ1) is 27.0. The number of nitriles is 1. The second-order valence-electron chi connectivity index (χ2n) is 9.84. The first-order valence-corrected chi connectivity index (χ1v) is 14.8. The summed E-state index contributed by atoms with van der Waals surface area (Å²) >= 11 is 0. The molecule has 1 aliphatic heterocycles. The van der Waals surface area contributed by atoms with Crippen molar-refractivity contribution in [3.63, 3.8) is 0 Å². The average Bonchev–Trinajstić information content (AvgIpc) is 3.66. The molecule has 1 fully saturated rings. The van der Waals surface area contributed by atoms with Crippen LogP contribution in [0, 0.1) is 17.2 Å². The molecule has 3 aromatic carbocycles. The molecule has 0 radical (unpaired) electrons. The number of imidazole rings is 1. The van der Waals surface area contributed by atoms with Gasteiger partial charge in [-0.15, -0.1) is 0 Å². The van der Waals surface area contributed by atoms with Gasteiger partial charge in [-0.25, -0.2) is 18.2 Å². The Morgan fingerprint density at radius 3 is 2.62 bits per heavy atom. The van der Waals surface area contributed by atoms with E-state index in [2.05, 4.69) is 21.3 Å². The van der Waals surface area contributed by atoms with Gasteiger partial charge in [-0.1, -0.05) is 18.2 Å². The maximum absolute atomic E-state index is 12.7. The molecule has 10 heteroatoms. The van der Waals surface area contributed by atoms with Gasteiger partial charge < -0.3 is 15.0 Å². The summed E-state index contributed by atoms with van der Waals surface area (Å²) in [4.78, 5) is 19.6. The fourth-order valence-electron chi connectivity index (χ4n) is 4.63. The van der Waals surface area contributed by atoms with Crippen molar-refractivity contribution >= 4 is 21.6 Å². The zero-order valence-corrected chi connectivity index (χ0v) is 22.8. The largest absolute Gasteiger partial charge is 0.489 e. The maximum Gasteiger partial charge on any atom is 0.326 e. The van der Waals surface area contributed by atoms with Crippen LogP contribution in [0.1, 0.15) is 17.5 Å². The van der Waals surface area contributed by atoms with Gasteiger partial charge >= 0.3 is 6.03 Å². The molecular formula is C30H29N5O4S.